The molecular weight excluding hydrogens is 240 g/mol. The number of ether oxygens (including phenoxy) is 1. The number of hydrogen-bond donors (Lipinski definition) is 1. The van der Waals surface area contributed by atoms with Crippen molar-refractivity contribution in [1.82, 2.24) is 4.90 Å². The van der Waals surface area contributed by atoms with Crippen molar-refractivity contribution in [2.24, 2.45) is 17.6 Å². The van der Waals surface area contributed by atoms with Gasteiger partial charge >= 0.3 is 0 Å². The summed E-state index contributed by atoms with van der Waals surface area (Å²) in [6, 6.07) is 0. The fraction of sp³-hybridized carbons (Fsp3) is 0.933. The zero-order valence-corrected chi connectivity index (χ0v) is 12.1. The highest BCUT2D eigenvalue weighted by molar-refractivity contribution is 5.79. The molecular formula is C15H28N2O2. The number of carbonyl (C=O) groups is 1. The van der Waals surface area contributed by atoms with Gasteiger partial charge in [0.25, 0.3) is 0 Å². The first kappa shape index (κ1) is 14.8. The van der Waals surface area contributed by atoms with Gasteiger partial charge in [0.2, 0.25) is 5.91 Å². The number of amides is 1. The second-order valence-electron chi connectivity index (χ2n) is 6.05. The number of piperidine rings is 1. The van der Waals surface area contributed by atoms with Crippen molar-refractivity contribution in [2.45, 2.75) is 51.6 Å². The average molecular weight is 268 g/mol. The first-order chi connectivity index (χ1) is 9.22. The fourth-order valence-electron chi connectivity index (χ4n) is 3.32. The van der Waals surface area contributed by atoms with Crippen LogP contribution in [0, 0.1) is 11.8 Å². The molecule has 1 aliphatic carbocycles. The van der Waals surface area contributed by atoms with Gasteiger partial charge in [-0.1, -0.05) is 13.3 Å². The Bertz CT molecular complexity index is 288. The van der Waals surface area contributed by atoms with Crippen molar-refractivity contribution < 1.29 is 9.53 Å². The summed E-state index contributed by atoms with van der Waals surface area (Å²) in [5, 5.41) is 0. The van der Waals surface area contributed by atoms with E-state index in [1.807, 2.05) is 0 Å². The molecule has 0 bridgehead atoms. The van der Waals surface area contributed by atoms with E-state index in [1.165, 1.54) is 12.8 Å². The van der Waals surface area contributed by atoms with E-state index in [9.17, 15) is 4.79 Å². The van der Waals surface area contributed by atoms with Crippen LogP contribution in [0.15, 0.2) is 0 Å². The Balaban J connectivity index is 1.72. The number of rotatable bonds is 5. The van der Waals surface area contributed by atoms with Crippen molar-refractivity contribution in [2.75, 3.05) is 26.2 Å². The monoisotopic (exact) mass is 268 g/mol. The molecule has 0 aromatic rings. The van der Waals surface area contributed by atoms with E-state index in [0.29, 0.717) is 24.5 Å². The molecule has 0 spiro atoms. The summed E-state index contributed by atoms with van der Waals surface area (Å²) in [6.45, 7) is 5.41. The SMILES string of the molecule is CC1CCCC1C(=O)N1CCC(OCCCN)CC1. The summed E-state index contributed by atoms with van der Waals surface area (Å²) in [7, 11) is 0. The maximum Gasteiger partial charge on any atom is 0.225 e. The Hall–Kier alpha value is -0.610. The second kappa shape index (κ2) is 7.25. The molecule has 110 valence electrons. The topological polar surface area (TPSA) is 55.6 Å². The van der Waals surface area contributed by atoms with E-state index < -0.39 is 0 Å². The molecule has 2 fully saturated rings. The molecule has 1 saturated carbocycles. The first-order valence-corrected chi connectivity index (χ1v) is 7.83. The van der Waals surface area contributed by atoms with Crippen LogP contribution in [0.4, 0.5) is 0 Å². The third-order valence-corrected chi connectivity index (χ3v) is 4.63. The molecule has 4 nitrogen and oxygen atoms in total. The predicted octanol–water partition coefficient (Wildman–Crippen LogP) is 1.78. The second-order valence-corrected chi connectivity index (χ2v) is 6.05. The number of likely N-dealkylation sites (tertiary alicyclic amines) is 1. The maximum atomic E-state index is 12.4. The summed E-state index contributed by atoms with van der Waals surface area (Å²) in [5.74, 6) is 1.26. The van der Waals surface area contributed by atoms with Gasteiger partial charge in [-0.25, -0.2) is 0 Å². The normalized spacial score (nSPS) is 28.8. The van der Waals surface area contributed by atoms with Gasteiger partial charge in [-0.05, 0) is 44.6 Å². The minimum absolute atomic E-state index is 0.287. The quantitative estimate of drug-likeness (QED) is 0.773. The zero-order chi connectivity index (χ0) is 13.7. The van der Waals surface area contributed by atoms with Crippen LogP contribution in [0.3, 0.4) is 0 Å². The molecule has 2 atom stereocenters. The van der Waals surface area contributed by atoms with E-state index in [-0.39, 0.29) is 5.92 Å². The van der Waals surface area contributed by atoms with E-state index in [0.717, 1.165) is 45.4 Å². The smallest absolute Gasteiger partial charge is 0.225 e. The molecule has 4 heteroatoms. The fourth-order valence-corrected chi connectivity index (χ4v) is 3.32. The van der Waals surface area contributed by atoms with Crippen LogP contribution in [-0.2, 0) is 9.53 Å². The highest BCUT2D eigenvalue weighted by Gasteiger charge is 2.34. The Morgan fingerprint density at radius 1 is 1.26 bits per heavy atom. The van der Waals surface area contributed by atoms with Crippen LogP contribution >= 0.6 is 0 Å². The van der Waals surface area contributed by atoms with E-state index >= 15 is 0 Å². The Morgan fingerprint density at radius 2 is 2.00 bits per heavy atom. The standard InChI is InChI=1S/C15H28N2O2/c1-12-4-2-5-14(12)15(18)17-9-6-13(7-10-17)19-11-3-8-16/h12-14H,2-11,16H2,1H3. The van der Waals surface area contributed by atoms with Gasteiger partial charge < -0.3 is 15.4 Å². The molecule has 19 heavy (non-hydrogen) atoms. The molecule has 1 amide bonds. The third-order valence-electron chi connectivity index (χ3n) is 4.63. The van der Waals surface area contributed by atoms with Gasteiger partial charge in [0.05, 0.1) is 6.10 Å². The lowest BCUT2D eigenvalue weighted by Gasteiger charge is -2.34. The molecule has 2 aliphatic rings. The first-order valence-electron chi connectivity index (χ1n) is 7.83. The van der Waals surface area contributed by atoms with Crippen LogP contribution in [0.5, 0.6) is 0 Å². The minimum atomic E-state index is 0.287. The Labute approximate surface area is 116 Å². The zero-order valence-electron chi connectivity index (χ0n) is 12.1. The van der Waals surface area contributed by atoms with Gasteiger partial charge in [-0.3, -0.25) is 4.79 Å². The summed E-state index contributed by atoms with van der Waals surface area (Å²) < 4.78 is 5.78. The highest BCUT2D eigenvalue weighted by Crippen LogP contribution is 2.33. The lowest BCUT2D eigenvalue weighted by Crippen LogP contribution is -2.44. The molecule has 2 N–H and O–H groups in total. The van der Waals surface area contributed by atoms with Gasteiger partial charge in [0.15, 0.2) is 0 Å². The van der Waals surface area contributed by atoms with E-state index in [1.54, 1.807) is 0 Å². The molecule has 1 aliphatic heterocycles. The molecule has 0 radical (unpaired) electrons. The maximum absolute atomic E-state index is 12.4. The van der Waals surface area contributed by atoms with Crippen LogP contribution in [0.25, 0.3) is 0 Å². The van der Waals surface area contributed by atoms with Crippen LogP contribution in [0.1, 0.15) is 45.4 Å². The lowest BCUT2D eigenvalue weighted by molar-refractivity contribution is -0.139. The highest BCUT2D eigenvalue weighted by atomic mass is 16.5. The minimum Gasteiger partial charge on any atom is -0.378 e. The van der Waals surface area contributed by atoms with Gasteiger partial charge in [-0.2, -0.15) is 0 Å². The summed E-state index contributed by atoms with van der Waals surface area (Å²) >= 11 is 0. The number of carbonyl (C=O) groups excluding carboxylic acids is 1. The predicted molar refractivity (Wildman–Crippen MR) is 75.7 cm³/mol. The van der Waals surface area contributed by atoms with Crippen LogP contribution < -0.4 is 5.73 Å². The molecule has 1 heterocycles. The summed E-state index contributed by atoms with van der Waals surface area (Å²) in [4.78, 5) is 14.5. The lowest BCUT2D eigenvalue weighted by atomic mass is 9.95. The van der Waals surface area contributed by atoms with Crippen molar-refractivity contribution in [3.05, 3.63) is 0 Å². The van der Waals surface area contributed by atoms with E-state index in [2.05, 4.69) is 11.8 Å². The van der Waals surface area contributed by atoms with Crippen molar-refractivity contribution in [3.63, 3.8) is 0 Å². The number of nitrogens with zero attached hydrogens (tertiary/aromatic N) is 1. The van der Waals surface area contributed by atoms with Crippen molar-refractivity contribution in [3.8, 4) is 0 Å². The van der Waals surface area contributed by atoms with Crippen LogP contribution in [-0.4, -0.2) is 43.2 Å². The average Bonchev–Trinajstić information content (AvgIpc) is 2.85. The van der Waals surface area contributed by atoms with Crippen LogP contribution in [0.2, 0.25) is 0 Å². The Kier molecular flexibility index (Phi) is 5.64. The third kappa shape index (κ3) is 3.93. The van der Waals surface area contributed by atoms with Gasteiger partial charge in [0, 0.05) is 25.6 Å². The largest absolute Gasteiger partial charge is 0.378 e. The van der Waals surface area contributed by atoms with Gasteiger partial charge in [0.1, 0.15) is 0 Å². The van der Waals surface area contributed by atoms with E-state index in [4.69, 9.17) is 10.5 Å². The molecule has 0 aromatic carbocycles. The number of hydrogen-bond acceptors (Lipinski definition) is 3. The van der Waals surface area contributed by atoms with Crippen molar-refractivity contribution >= 4 is 5.91 Å². The summed E-state index contributed by atoms with van der Waals surface area (Å²) in [6.07, 6.45) is 6.75. The Morgan fingerprint density at radius 3 is 2.58 bits per heavy atom. The van der Waals surface area contributed by atoms with Crippen molar-refractivity contribution in [1.29, 1.82) is 0 Å². The molecule has 0 aromatic heterocycles. The number of nitrogens with two attached hydrogens (primary N) is 1. The summed E-state index contributed by atoms with van der Waals surface area (Å²) in [5.41, 5.74) is 5.46. The molecule has 2 unspecified atom stereocenters. The molecule has 2 rings (SSSR count). The molecule has 1 saturated heterocycles. The van der Waals surface area contributed by atoms with Gasteiger partial charge in [-0.15, -0.1) is 0 Å².